The first-order chi connectivity index (χ1) is 12.3. The Bertz CT molecular complexity index is 784. The Morgan fingerprint density at radius 1 is 1.27 bits per heavy atom. The van der Waals surface area contributed by atoms with E-state index in [-0.39, 0.29) is 5.57 Å². The SMILES string of the molecule is C=C(/C=C(\N(C)c1ccc(CNC=O)cc1)C(F)(F)F)c1cccnc1. The molecule has 0 fully saturated rings. The summed E-state index contributed by atoms with van der Waals surface area (Å²) in [5, 5.41) is 2.50. The normalized spacial score (nSPS) is 11.8. The standard InChI is InChI=1S/C19H18F3N3O/c1-14(16-4-3-9-23-12-16)10-18(19(20,21)22)25(2)17-7-5-15(6-8-17)11-24-13-26/h3-10,12-13H,1,11H2,2H3,(H,24,26)/b18-10-. The lowest BCUT2D eigenvalue weighted by atomic mass is 10.1. The molecule has 0 aliphatic carbocycles. The molecule has 0 saturated carbocycles. The number of halogens is 3. The number of anilines is 1. The first-order valence-electron chi connectivity index (χ1n) is 7.71. The zero-order valence-electron chi connectivity index (χ0n) is 14.1. The number of carbonyl (C=O) groups is 1. The van der Waals surface area contributed by atoms with Crippen LogP contribution in [-0.4, -0.2) is 24.6 Å². The van der Waals surface area contributed by atoms with Gasteiger partial charge in [-0.25, -0.2) is 0 Å². The predicted molar refractivity (Wildman–Crippen MR) is 95.2 cm³/mol. The lowest BCUT2D eigenvalue weighted by molar-refractivity contribution is -0.109. The quantitative estimate of drug-likeness (QED) is 0.600. The Balaban J connectivity index is 2.30. The van der Waals surface area contributed by atoms with Crippen LogP contribution in [0.3, 0.4) is 0 Å². The molecule has 1 aromatic carbocycles. The van der Waals surface area contributed by atoms with Gasteiger partial charge in [0.1, 0.15) is 5.70 Å². The number of aromatic nitrogens is 1. The van der Waals surface area contributed by atoms with Gasteiger partial charge in [0.25, 0.3) is 0 Å². The van der Waals surface area contributed by atoms with Gasteiger partial charge >= 0.3 is 6.18 Å². The molecule has 1 amide bonds. The van der Waals surface area contributed by atoms with Crippen molar-refractivity contribution in [1.82, 2.24) is 10.3 Å². The van der Waals surface area contributed by atoms with E-state index < -0.39 is 11.9 Å². The molecule has 0 unspecified atom stereocenters. The number of hydrogen-bond donors (Lipinski definition) is 1. The van der Waals surface area contributed by atoms with Crippen LogP contribution in [0.2, 0.25) is 0 Å². The van der Waals surface area contributed by atoms with E-state index in [1.54, 1.807) is 36.4 Å². The van der Waals surface area contributed by atoms with Gasteiger partial charge in [-0.1, -0.05) is 24.8 Å². The fourth-order valence-electron chi connectivity index (χ4n) is 2.31. The zero-order valence-corrected chi connectivity index (χ0v) is 14.1. The Kier molecular flexibility index (Phi) is 6.16. The van der Waals surface area contributed by atoms with E-state index in [2.05, 4.69) is 16.9 Å². The Hall–Kier alpha value is -3.09. The summed E-state index contributed by atoms with van der Waals surface area (Å²) in [6, 6.07) is 9.73. The first kappa shape index (κ1) is 19.2. The van der Waals surface area contributed by atoms with Crippen LogP contribution in [0.25, 0.3) is 5.57 Å². The molecule has 0 saturated heterocycles. The molecule has 1 aromatic heterocycles. The van der Waals surface area contributed by atoms with Crippen molar-refractivity contribution in [2.45, 2.75) is 12.7 Å². The second kappa shape index (κ2) is 8.33. The highest BCUT2D eigenvalue weighted by atomic mass is 19.4. The fraction of sp³-hybridized carbons (Fsp3) is 0.158. The van der Waals surface area contributed by atoms with Crippen LogP contribution in [0.15, 0.2) is 67.1 Å². The molecule has 0 atom stereocenters. The summed E-state index contributed by atoms with van der Waals surface area (Å²) in [7, 11) is 1.34. The number of hydrogen-bond acceptors (Lipinski definition) is 3. The van der Waals surface area contributed by atoms with Crippen LogP contribution >= 0.6 is 0 Å². The number of alkyl halides is 3. The number of nitrogens with zero attached hydrogens (tertiary/aromatic N) is 2. The highest BCUT2D eigenvalue weighted by Crippen LogP contribution is 2.33. The van der Waals surface area contributed by atoms with E-state index in [1.165, 1.54) is 19.4 Å². The second-order valence-electron chi connectivity index (χ2n) is 5.52. The number of nitrogens with one attached hydrogen (secondary N) is 1. The van der Waals surface area contributed by atoms with E-state index in [9.17, 15) is 18.0 Å². The lowest BCUT2D eigenvalue weighted by Crippen LogP contribution is -2.28. The molecule has 0 spiro atoms. The summed E-state index contributed by atoms with van der Waals surface area (Å²) in [6.07, 6.45) is 0.00503. The highest BCUT2D eigenvalue weighted by molar-refractivity contribution is 5.73. The van der Waals surface area contributed by atoms with Crippen molar-refractivity contribution in [2.75, 3.05) is 11.9 Å². The van der Waals surface area contributed by atoms with Crippen molar-refractivity contribution in [3.8, 4) is 0 Å². The third kappa shape index (κ3) is 4.95. The van der Waals surface area contributed by atoms with Gasteiger partial charge in [0.05, 0.1) is 0 Å². The largest absolute Gasteiger partial charge is 0.431 e. The van der Waals surface area contributed by atoms with E-state index in [4.69, 9.17) is 0 Å². The average Bonchev–Trinajstić information content (AvgIpc) is 2.64. The monoisotopic (exact) mass is 361 g/mol. The molecule has 0 radical (unpaired) electrons. The highest BCUT2D eigenvalue weighted by Gasteiger charge is 2.37. The summed E-state index contributed by atoms with van der Waals surface area (Å²) in [4.78, 5) is 15.3. The Labute approximate surface area is 149 Å². The molecule has 26 heavy (non-hydrogen) atoms. The third-order valence-corrected chi connectivity index (χ3v) is 3.71. The summed E-state index contributed by atoms with van der Waals surface area (Å²) in [5.74, 6) is 0. The maximum atomic E-state index is 13.6. The zero-order chi connectivity index (χ0) is 19.2. The Morgan fingerprint density at radius 3 is 2.50 bits per heavy atom. The minimum Gasteiger partial charge on any atom is -0.355 e. The molecule has 0 bridgehead atoms. The number of pyridine rings is 1. The van der Waals surface area contributed by atoms with Gasteiger partial charge in [-0.05, 0) is 41.0 Å². The molecule has 0 aliphatic heterocycles. The smallest absolute Gasteiger partial charge is 0.355 e. The molecule has 2 aromatic rings. The maximum Gasteiger partial charge on any atom is 0.431 e. The maximum absolute atomic E-state index is 13.6. The number of rotatable bonds is 7. The molecule has 0 aliphatic rings. The van der Waals surface area contributed by atoms with E-state index in [1.807, 2.05) is 0 Å². The second-order valence-corrected chi connectivity index (χ2v) is 5.52. The molecule has 2 rings (SSSR count). The topological polar surface area (TPSA) is 45.2 Å². The minimum atomic E-state index is -4.56. The summed E-state index contributed by atoms with van der Waals surface area (Å²) in [5.41, 5.74) is 1.03. The first-order valence-corrected chi connectivity index (χ1v) is 7.71. The summed E-state index contributed by atoms with van der Waals surface area (Å²) >= 11 is 0. The molecular formula is C19H18F3N3O. The molecule has 7 heteroatoms. The number of amides is 1. The van der Waals surface area contributed by atoms with Crippen molar-refractivity contribution >= 4 is 17.7 Å². The van der Waals surface area contributed by atoms with Gasteiger partial charge in [0.2, 0.25) is 6.41 Å². The number of benzene rings is 1. The lowest BCUT2D eigenvalue weighted by Gasteiger charge is -2.25. The van der Waals surface area contributed by atoms with Gasteiger partial charge in [-0.3, -0.25) is 9.78 Å². The predicted octanol–water partition coefficient (Wildman–Crippen LogP) is 3.92. The van der Waals surface area contributed by atoms with Crippen LogP contribution in [0.5, 0.6) is 0 Å². The molecule has 4 nitrogen and oxygen atoms in total. The van der Waals surface area contributed by atoms with Gasteiger partial charge in [-0.15, -0.1) is 0 Å². The Morgan fingerprint density at radius 2 is 1.96 bits per heavy atom. The summed E-state index contributed by atoms with van der Waals surface area (Å²) in [6.45, 7) is 4.03. The molecule has 136 valence electrons. The van der Waals surface area contributed by atoms with Crippen LogP contribution in [0, 0.1) is 0 Å². The van der Waals surface area contributed by atoms with Crippen LogP contribution < -0.4 is 10.2 Å². The van der Waals surface area contributed by atoms with Gasteiger partial charge < -0.3 is 10.2 Å². The molecule has 1 N–H and O–H groups in total. The minimum absolute atomic E-state index is 0.212. The van der Waals surface area contributed by atoms with Crippen molar-refractivity contribution in [1.29, 1.82) is 0 Å². The molecular weight excluding hydrogens is 343 g/mol. The van der Waals surface area contributed by atoms with Gasteiger partial charge in [0, 0.05) is 31.7 Å². The van der Waals surface area contributed by atoms with Crippen molar-refractivity contribution in [2.24, 2.45) is 0 Å². The average molecular weight is 361 g/mol. The summed E-state index contributed by atoms with van der Waals surface area (Å²) < 4.78 is 40.7. The third-order valence-electron chi connectivity index (χ3n) is 3.71. The van der Waals surface area contributed by atoms with E-state index >= 15 is 0 Å². The van der Waals surface area contributed by atoms with E-state index in [0.29, 0.717) is 24.2 Å². The molecule has 1 heterocycles. The van der Waals surface area contributed by atoms with Gasteiger partial charge in [0.15, 0.2) is 0 Å². The van der Waals surface area contributed by atoms with Gasteiger partial charge in [-0.2, -0.15) is 13.2 Å². The van der Waals surface area contributed by atoms with Crippen LogP contribution in [0.1, 0.15) is 11.1 Å². The van der Waals surface area contributed by atoms with Crippen molar-refractivity contribution in [3.63, 3.8) is 0 Å². The van der Waals surface area contributed by atoms with Crippen molar-refractivity contribution in [3.05, 3.63) is 78.3 Å². The fourth-order valence-corrected chi connectivity index (χ4v) is 2.31. The van der Waals surface area contributed by atoms with E-state index in [0.717, 1.165) is 16.5 Å². The number of carbonyl (C=O) groups excluding carboxylic acids is 1. The van der Waals surface area contributed by atoms with Crippen molar-refractivity contribution < 1.29 is 18.0 Å². The van der Waals surface area contributed by atoms with Crippen LogP contribution in [0.4, 0.5) is 18.9 Å². The number of allylic oxidation sites excluding steroid dienone is 3. The van der Waals surface area contributed by atoms with Crippen LogP contribution in [-0.2, 0) is 11.3 Å².